The van der Waals surface area contributed by atoms with E-state index in [4.69, 9.17) is 0 Å². The van der Waals surface area contributed by atoms with E-state index >= 15 is 0 Å². The van der Waals surface area contributed by atoms with Crippen LogP contribution in [0, 0.1) is 0 Å². The molecule has 0 fully saturated rings. The van der Waals surface area contributed by atoms with Crippen molar-refractivity contribution in [3.05, 3.63) is 100 Å². The van der Waals surface area contributed by atoms with Gasteiger partial charge in [0.2, 0.25) is 0 Å². The number of aliphatic hydroxyl groups excluding tert-OH is 2. The van der Waals surface area contributed by atoms with Crippen molar-refractivity contribution in [2.24, 2.45) is 0 Å². The van der Waals surface area contributed by atoms with Crippen LogP contribution < -0.4 is 10.6 Å². The summed E-state index contributed by atoms with van der Waals surface area (Å²) in [5, 5.41) is 35.6. The second-order valence-electron chi connectivity index (χ2n) is 9.86. The first-order valence-electron chi connectivity index (χ1n) is 12.3. The number of phenols is 1. The Morgan fingerprint density at radius 1 is 0.974 bits per heavy atom. The molecule has 3 aromatic carbocycles. The van der Waals surface area contributed by atoms with Crippen LogP contribution in [0.3, 0.4) is 0 Å². The summed E-state index contributed by atoms with van der Waals surface area (Å²) in [6.45, 7) is 3.87. The maximum Gasteiger partial charge on any atom is 0.416 e. The largest absolute Gasteiger partial charge is 0.508 e. The lowest BCUT2D eigenvalue weighted by molar-refractivity contribution is -0.138. The Morgan fingerprint density at radius 3 is 2.42 bits per heavy atom. The van der Waals surface area contributed by atoms with Gasteiger partial charge in [-0.3, -0.25) is 4.79 Å². The van der Waals surface area contributed by atoms with Gasteiger partial charge in [-0.2, -0.15) is 13.2 Å². The molecule has 5 N–H and O–H groups in total. The van der Waals surface area contributed by atoms with Crippen LogP contribution >= 0.6 is 0 Å². The van der Waals surface area contributed by atoms with Gasteiger partial charge in [0.15, 0.2) is 0 Å². The van der Waals surface area contributed by atoms with Crippen LogP contribution in [0.5, 0.6) is 5.75 Å². The maximum atomic E-state index is 13.2. The molecule has 0 saturated carbocycles. The molecule has 3 aromatic rings. The topological polar surface area (TPSA) is 102 Å². The van der Waals surface area contributed by atoms with Crippen LogP contribution in [-0.4, -0.2) is 39.9 Å². The molecule has 0 saturated heterocycles. The predicted octanol–water partition coefficient (Wildman–Crippen LogP) is 4.52. The summed E-state index contributed by atoms with van der Waals surface area (Å²) in [7, 11) is 0. The zero-order chi connectivity index (χ0) is 27.9. The number of aromatic hydroxyl groups is 1. The van der Waals surface area contributed by atoms with E-state index in [1.54, 1.807) is 36.4 Å². The smallest absolute Gasteiger partial charge is 0.416 e. The number of halogens is 3. The van der Waals surface area contributed by atoms with Crippen LogP contribution in [-0.2, 0) is 25.6 Å². The van der Waals surface area contributed by atoms with E-state index in [0.29, 0.717) is 23.1 Å². The maximum absolute atomic E-state index is 13.2. The number of benzene rings is 3. The van der Waals surface area contributed by atoms with Crippen LogP contribution in [0.1, 0.15) is 58.1 Å². The van der Waals surface area contributed by atoms with E-state index < -0.39 is 23.4 Å². The van der Waals surface area contributed by atoms with E-state index in [1.165, 1.54) is 18.2 Å². The lowest BCUT2D eigenvalue weighted by Gasteiger charge is -2.28. The fraction of sp³-hybridized carbons (Fsp3) is 0.345. The highest BCUT2D eigenvalue weighted by molar-refractivity contribution is 5.94. The van der Waals surface area contributed by atoms with Crippen molar-refractivity contribution in [1.82, 2.24) is 10.6 Å². The minimum atomic E-state index is -4.45. The predicted molar refractivity (Wildman–Crippen MR) is 139 cm³/mol. The van der Waals surface area contributed by atoms with Crippen LogP contribution in [0.25, 0.3) is 0 Å². The molecule has 3 rings (SSSR count). The quantitative estimate of drug-likeness (QED) is 0.251. The van der Waals surface area contributed by atoms with Gasteiger partial charge in [0, 0.05) is 29.8 Å². The molecule has 0 unspecified atom stereocenters. The number of alkyl halides is 3. The van der Waals surface area contributed by atoms with Gasteiger partial charge >= 0.3 is 6.18 Å². The molecule has 38 heavy (non-hydrogen) atoms. The summed E-state index contributed by atoms with van der Waals surface area (Å²) in [6.07, 6.45) is -4.71. The fourth-order valence-corrected chi connectivity index (χ4v) is 4.25. The summed E-state index contributed by atoms with van der Waals surface area (Å²) in [4.78, 5) is 12.7. The normalized spacial score (nSPS) is 12.8. The highest BCUT2D eigenvalue weighted by atomic mass is 19.4. The minimum Gasteiger partial charge on any atom is -0.508 e. The van der Waals surface area contributed by atoms with Crippen LogP contribution in [0.4, 0.5) is 13.2 Å². The molecule has 1 atom stereocenters. The Kier molecular flexibility index (Phi) is 9.54. The summed E-state index contributed by atoms with van der Waals surface area (Å²) >= 11 is 0. The second kappa shape index (κ2) is 12.4. The average molecular weight is 531 g/mol. The first-order chi connectivity index (χ1) is 17.9. The van der Waals surface area contributed by atoms with E-state index in [2.05, 4.69) is 10.6 Å². The van der Waals surface area contributed by atoms with Gasteiger partial charge in [-0.1, -0.05) is 36.4 Å². The van der Waals surface area contributed by atoms with E-state index in [1.807, 2.05) is 19.9 Å². The van der Waals surface area contributed by atoms with Crippen molar-refractivity contribution < 1.29 is 33.3 Å². The summed E-state index contributed by atoms with van der Waals surface area (Å²) in [6, 6.07) is 16.9. The van der Waals surface area contributed by atoms with Crippen LogP contribution in [0.15, 0.2) is 66.7 Å². The van der Waals surface area contributed by atoms with Gasteiger partial charge in [-0.05, 0) is 73.7 Å². The van der Waals surface area contributed by atoms with Crippen molar-refractivity contribution in [3.63, 3.8) is 0 Å². The Bertz CT molecular complexity index is 1240. The Labute approximate surface area is 220 Å². The van der Waals surface area contributed by atoms with Crippen molar-refractivity contribution in [2.45, 2.75) is 51.1 Å². The summed E-state index contributed by atoms with van der Waals surface area (Å²) in [5.74, 6) is -0.406. The van der Waals surface area contributed by atoms with Gasteiger partial charge in [-0.25, -0.2) is 0 Å². The number of amides is 1. The van der Waals surface area contributed by atoms with E-state index in [-0.39, 0.29) is 43.3 Å². The number of nitrogens with one attached hydrogen (secondary N) is 2. The summed E-state index contributed by atoms with van der Waals surface area (Å²) in [5.41, 5.74) is 1.16. The Hall–Kier alpha value is -3.40. The molecule has 0 spiro atoms. The third kappa shape index (κ3) is 8.05. The molecular formula is C29H33F3N2O4. The Morgan fingerprint density at radius 2 is 1.71 bits per heavy atom. The number of carbonyl (C=O) groups excluding carboxylic acids is 1. The first-order valence-corrected chi connectivity index (χ1v) is 12.3. The third-order valence-corrected chi connectivity index (χ3v) is 6.27. The first kappa shape index (κ1) is 29.2. The van der Waals surface area contributed by atoms with Gasteiger partial charge in [0.05, 0.1) is 18.3 Å². The molecule has 0 aliphatic carbocycles. The van der Waals surface area contributed by atoms with Crippen molar-refractivity contribution in [3.8, 4) is 5.75 Å². The number of β-amino-alcohol motifs (C(OH)–C–C–N with tert-alkyl or cyclic N) is 1. The molecular weight excluding hydrogens is 497 g/mol. The minimum absolute atomic E-state index is 0.0354. The Balaban J connectivity index is 1.56. The number of rotatable bonds is 11. The van der Waals surface area contributed by atoms with Gasteiger partial charge in [0.1, 0.15) is 5.75 Å². The second-order valence-corrected chi connectivity index (χ2v) is 9.86. The molecule has 0 aliphatic rings. The highest BCUT2D eigenvalue weighted by Crippen LogP contribution is 2.32. The number of aliphatic hydroxyl groups is 2. The number of hydrogen-bond acceptors (Lipinski definition) is 5. The molecule has 0 aromatic heterocycles. The fourth-order valence-electron chi connectivity index (χ4n) is 4.25. The van der Waals surface area contributed by atoms with Crippen molar-refractivity contribution >= 4 is 5.91 Å². The highest BCUT2D eigenvalue weighted by Gasteiger charge is 2.32. The monoisotopic (exact) mass is 530 g/mol. The number of hydrogen-bond donors (Lipinski definition) is 5. The summed E-state index contributed by atoms with van der Waals surface area (Å²) < 4.78 is 39.6. The molecule has 0 bridgehead atoms. The van der Waals surface area contributed by atoms with Crippen molar-refractivity contribution in [2.75, 3.05) is 13.1 Å². The molecule has 1 amide bonds. The van der Waals surface area contributed by atoms with Gasteiger partial charge in [0.25, 0.3) is 5.91 Å². The van der Waals surface area contributed by atoms with Crippen molar-refractivity contribution in [1.29, 1.82) is 0 Å². The number of carbonyl (C=O) groups is 1. The zero-order valence-corrected chi connectivity index (χ0v) is 21.3. The zero-order valence-electron chi connectivity index (χ0n) is 21.3. The molecule has 6 nitrogen and oxygen atoms in total. The molecule has 204 valence electrons. The SMILES string of the molecule is CC(C)(Cc1cccc(C(=O)NCCc2ccccc2C(F)(F)F)c1)NC[C@H](O)c1ccc(O)c(CO)c1. The third-order valence-electron chi connectivity index (χ3n) is 6.27. The van der Waals surface area contributed by atoms with Crippen LogP contribution in [0.2, 0.25) is 0 Å². The van der Waals surface area contributed by atoms with Gasteiger partial charge < -0.3 is 26.0 Å². The standard InChI is InChI=1S/C29H33F3N2O4/c1-28(2,34-17-26(37)21-10-11-25(36)23(15-21)18-35)16-19-6-5-8-22(14-19)27(38)33-13-12-20-7-3-4-9-24(20)29(30,31)32/h3-11,14-15,26,34-37H,12-13,16-18H2,1-2H3,(H,33,38)/t26-/m0/s1. The van der Waals surface area contributed by atoms with Gasteiger partial charge in [-0.15, -0.1) is 0 Å². The molecule has 0 aliphatic heterocycles. The van der Waals surface area contributed by atoms with E-state index in [9.17, 15) is 33.3 Å². The van der Waals surface area contributed by atoms with E-state index in [0.717, 1.165) is 11.6 Å². The molecule has 9 heteroatoms. The lowest BCUT2D eigenvalue weighted by atomic mass is 9.93. The molecule has 0 radical (unpaired) electrons. The average Bonchev–Trinajstić information content (AvgIpc) is 2.87. The molecule has 0 heterocycles. The lowest BCUT2D eigenvalue weighted by Crippen LogP contribution is -2.43.